The molecule has 1 heterocycles. The molecule has 1 saturated carbocycles. The topological polar surface area (TPSA) is 48.7 Å². The van der Waals surface area contributed by atoms with Gasteiger partial charge < -0.3 is 5.32 Å². The van der Waals surface area contributed by atoms with E-state index in [0.29, 0.717) is 5.69 Å². The molecule has 0 aliphatic heterocycles. The highest BCUT2D eigenvalue weighted by atomic mass is 14.9. The van der Waals surface area contributed by atoms with Crippen LogP contribution in [0.5, 0.6) is 0 Å². The quantitative estimate of drug-likeness (QED) is 0.905. The van der Waals surface area contributed by atoms with Gasteiger partial charge in [-0.1, -0.05) is 30.3 Å². The summed E-state index contributed by atoms with van der Waals surface area (Å²) in [7, 11) is 0. The molecule has 0 saturated heterocycles. The summed E-state index contributed by atoms with van der Waals surface area (Å²) in [4.78, 5) is 4.07. The Morgan fingerprint density at radius 3 is 2.53 bits per heavy atom. The van der Waals surface area contributed by atoms with Gasteiger partial charge in [-0.2, -0.15) is 5.26 Å². The minimum absolute atomic E-state index is 0.287. The lowest BCUT2D eigenvalue weighted by Crippen LogP contribution is -2.19. The highest BCUT2D eigenvalue weighted by molar-refractivity contribution is 5.45. The zero-order chi connectivity index (χ0) is 13.1. The zero-order valence-corrected chi connectivity index (χ0v) is 10.6. The highest BCUT2D eigenvalue weighted by Gasteiger charge is 2.43. The van der Waals surface area contributed by atoms with Crippen LogP contribution in [0.15, 0.2) is 48.7 Å². The number of nitrogens with one attached hydrogen (secondary N) is 1. The Balaban J connectivity index is 1.68. The second-order valence-electron chi connectivity index (χ2n) is 5.04. The number of nitrogens with zero attached hydrogens (tertiary/aromatic N) is 2. The largest absolute Gasteiger partial charge is 0.383 e. The molecule has 0 bridgehead atoms. The predicted octanol–water partition coefficient (Wildman–Crippen LogP) is 3.10. The Morgan fingerprint density at radius 2 is 1.95 bits per heavy atom. The molecule has 0 amide bonds. The van der Waals surface area contributed by atoms with E-state index in [1.165, 1.54) is 18.4 Å². The maximum atomic E-state index is 8.71. The van der Waals surface area contributed by atoms with Gasteiger partial charge in [0, 0.05) is 12.0 Å². The van der Waals surface area contributed by atoms with E-state index in [2.05, 4.69) is 40.6 Å². The van der Waals surface area contributed by atoms with Crippen LogP contribution in [-0.2, 0) is 5.41 Å². The molecular weight excluding hydrogens is 234 g/mol. The Morgan fingerprint density at radius 1 is 1.16 bits per heavy atom. The summed E-state index contributed by atoms with van der Waals surface area (Å²) in [5, 5.41) is 12.1. The molecule has 1 aromatic carbocycles. The molecule has 1 N–H and O–H groups in total. The third-order valence-corrected chi connectivity index (χ3v) is 3.75. The first-order valence-corrected chi connectivity index (χ1v) is 6.48. The van der Waals surface area contributed by atoms with Crippen LogP contribution in [0.2, 0.25) is 0 Å². The fraction of sp³-hybridized carbons (Fsp3) is 0.250. The Hall–Kier alpha value is -2.34. The number of hydrogen-bond acceptors (Lipinski definition) is 3. The minimum atomic E-state index is 0.287. The van der Waals surface area contributed by atoms with Gasteiger partial charge in [-0.05, 0) is 30.5 Å². The fourth-order valence-corrected chi connectivity index (χ4v) is 2.35. The minimum Gasteiger partial charge on any atom is -0.383 e. The molecule has 1 aromatic heterocycles. The van der Waals surface area contributed by atoms with E-state index in [1.54, 1.807) is 12.3 Å². The van der Waals surface area contributed by atoms with Crippen molar-refractivity contribution in [2.45, 2.75) is 18.3 Å². The molecule has 0 atom stereocenters. The molecule has 0 unspecified atom stereocenters. The monoisotopic (exact) mass is 249 g/mol. The summed E-state index contributed by atoms with van der Waals surface area (Å²) >= 11 is 0. The number of anilines is 1. The smallest absolute Gasteiger partial charge is 0.140 e. The summed E-state index contributed by atoms with van der Waals surface area (Å²) in [6.07, 6.45) is 4.18. The standard InChI is InChI=1S/C16H15N3/c17-10-14-6-7-15(11-18-14)19-12-16(8-9-16)13-4-2-1-3-5-13/h1-7,11,19H,8-9,12H2. The van der Waals surface area contributed by atoms with Crippen LogP contribution >= 0.6 is 0 Å². The average Bonchev–Trinajstić information content (AvgIpc) is 3.28. The lowest BCUT2D eigenvalue weighted by atomic mass is 9.96. The number of benzene rings is 1. The Kier molecular flexibility index (Phi) is 2.92. The lowest BCUT2D eigenvalue weighted by molar-refractivity contribution is 0.732. The molecule has 1 aliphatic carbocycles. The van der Waals surface area contributed by atoms with E-state index in [4.69, 9.17) is 5.26 Å². The molecule has 19 heavy (non-hydrogen) atoms. The first-order valence-electron chi connectivity index (χ1n) is 6.48. The average molecular weight is 249 g/mol. The SMILES string of the molecule is N#Cc1ccc(NCC2(c3ccccc3)CC2)cn1. The number of hydrogen-bond donors (Lipinski definition) is 1. The predicted molar refractivity (Wildman–Crippen MR) is 74.8 cm³/mol. The van der Waals surface area contributed by atoms with Crippen molar-refractivity contribution in [1.82, 2.24) is 4.98 Å². The van der Waals surface area contributed by atoms with Gasteiger partial charge in [-0.3, -0.25) is 0 Å². The molecule has 0 spiro atoms. The van der Waals surface area contributed by atoms with E-state index in [9.17, 15) is 0 Å². The molecule has 1 fully saturated rings. The Labute approximate surface area is 112 Å². The molecule has 1 aliphatic rings. The number of aromatic nitrogens is 1. The third-order valence-electron chi connectivity index (χ3n) is 3.75. The van der Waals surface area contributed by atoms with Crippen LogP contribution in [-0.4, -0.2) is 11.5 Å². The van der Waals surface area contributed by atoms with Crippen molar-refractivity contribution in [1.29, 1.82) is 5.26 Å². The van der Waals surface area contributed by atoms with Crippen molar-refractivity contribution in [3.05, 3.63) is 59.9 Å². The zero-order valence-electron chi connectivity index (χ0n) is 10.6. The van der Waals surface area contributed by atoms with E-state index in [0.717, 1.165) is 12.2 Å². The van der Waals surface area contributed by atoms with Crippen molar-refractivity contribution in [2.24, 2.45) is 0 Å². The number of pyridine rings is 1. The number of nitriles is 1. The summed E-state index contributed by atoms with van der Waals surface area (Å²) in [5.74, 6) is 0. The molecule has 0 radical (unpaired) electrons. The van der Waals surface area contributed by atoms with Crippen LogP contribution in [0.1, 0.15) is 24.1 Å². The van der Waals surface area contributed by atoms with Crippen molar-refractivity contribution < 1.29 is 0 Å². The van der Waals surface area contributed by atoms with E-state index >= 15 is 0 Å². The summed E-state index contributed by atoms with van der Waals surface area (Å²) in [6.45, 7) is 0.921. The van der Waals surface area contributed by atoms with Crippen molar-refractivity contribution in [3.63, 3.8) is 0 Å². The van der Waals surface area contributed by atoms with Gasteiger partial charge >= 0.3 is 0 Å². The molecule has 3 heteroatoms. The van der Waals surface area contributed by atoms with E-state index in [-0.39, 0.29) is 5.41 Å². The van der Waals surface area contributed by atoms with Gasteiger partial charge in [-0.15, -0.1) is 0 Å². The van der Waals surface area contributed by atoms with Crippen molar-refractivity contribution in [3.8, 4) is 6.07 Å². The van der Waals surface area contributed by atoms with Crippen LogP contribution in [0.25, 0.3) is 0 Å². The van der Waals surface area contributed by atoms with Crippen LogP contribution in [0.4, 0.5) is 5.69 Å². The normalized spacial score (nSPS) is 15.5. The van der Waals surface area contributed by atoms with Gasteiger partial charge in [0.25, 0.3) is 0 Å². The molecule has 3 rings (SSSR count). The first kappa shape index (κ1) is 11.7. The fourth-order valence-electron chi connectivity index (χ4n) is 2.35. The van der Waals surface area contributed by atoms with Crippen molar-refractivity contribution in [2.75, 3.05) is 11.9 Å². The first-order chi connectivity index (χ1) is 9.32. The van der Waals surface area contributed by atoms with Gasteiger partial charge in [0.15, 0.2) is 0 Å². The van der Waals surface area contributed by atoms with Gasteiger partial charge in [0.1, 0.15) is 11.8 Å². The summed E-state index contributed by atoms with van der Waals surface area (Å²) in [5.41, 5.74) is 3.12. The highest BCUT2D eigenvalue weighted by Crippen LogP contribution is 2.48. The van der Waals surface area contributed by atoms with Crippen LogP contribution < -0.4 is 5.32 Å². The lowest BCUT2D eigenvalue weighted by Gasteiger charge is -2.17. The second-order valence-corrected chi connectivity index (χ2v) is 5.04. The van der Waals surface area contributed by atoms with E-state index in [1.807, 2.05) is 12.1 Å². The van der Waals surface area contributed by atoms with E-state index < -0.39 is 0 Å². The maximum absolute atomic E-state index is 8.71. The third kappa shape index (κ3) is 2.43. The van der Waals surface area contributed by atoms with Crippen LogP contribution in [0, 0.1) is 11.3 Å². The van der Waals surface area contributed by atoms with Gasteiger partial charge in [0.05, 0.1) is 11.9 Å². The molecule has 94 valence electrons. The van der Waals surface area contributed by atoms with Gasteiger partial charge in [0.2, 0.25) is 0 Å². The summed E-state index contributed by atoms with van der Waals surface area (Å²) in [6, 6.07) is 16.3. The molecule has 2 aromatic rings. The second kappa shape index (κ2) is 4.74. The number of rotatable bonds is 4. The molecular formula is C16H15N3. The van der Waals surface area contributed by atoms with Crippen LogP contribution in [0.3, 0.4) is 0 Å². The Bertz CT molecular complexity index is 592. The maximum Gasteiger partial charge on any atom is 0.140 e. The summed E-state index contributed by atoms with van der Waals surface area (Å²) < 4.78 is 0. The van der Waals surface area contributed by atoms with Gasteiger partial charge in [-0.25, -0.2) is 4.98 Å². The molecule has 3 nitrogen and oxygen atoms in total. The van der Waals surface area contributed by atoms with Crippen molar-refractivity contribution >= 4 is 5.69 Å².